The van der Waals surface area contributed by atoms with Crippen LogP contribution in [-0.2, 0) is 0 Å². The Kier molecular flexibility index (Phi) is 3.29. The zero-order valence-corrected chi connectivity index (χ0v) is 10.0. The van der Waals surface area contributed by atoms with Crippen LogP contribution in [0.3, 0.4) is 0 Å². The van der Waals surface area contributed by atoms with E-state index in [2.05, 4.69) is 22.2 Å². The maximum atomic E-state index is 5.67. The predicted octanol–water partition coefficient (Wildman–Crippen LogP) is 1.48. The van der Waals surface area contributed by atoms with Gasteiger partial charge in [-0.25, -0.2) is 4.98 Å². The maximum Gasteiger partial charge on any atom is 0.129 e. The molecule has 0 radical (unpaired) electrons. The Bertz CT molecular complexity index is 364. The molecule has 0 bridgehead atoms. The second kappa shape index (κ2) is 4.70. The van der Waals surface area contributed by atoms with Gasteiger partial charge in [-0.2, -0.15) is 0 Å². The fourth-order valence-electron chi connectivity index (χ4n) is 2.23. The number of hydrogen-bond acceptors (Lipinski definition) is 4. The van der Waals surface area contributed by atoms with Crippen molar-refractivity contribution >= 4 is 11.5 Å². The number of rotatable bonds is 3. The summed E-state index contributed by atoms with van der Waals surface area (Å²) in [5.41, 5.74) is 7.50. The van der Waals surface area contributed by atoms with Crippen LogP contribution in [0.25, 0.3) is 0 Å². The molecular weight excluding hydrogens is 200 g/mol. The van der Waals surface area contributed by atoms with Crippen LogP contribution in [0.15, 0.2) is 12.3 Å². The number of nitrogens with zero attached hydrogens (tertiary/aromatic N) is 2. The van der Waals surface area contributed by atoms with Crippen molar-refractivity contribution in [1.29, 1.82) is 0 Å². The molecule has 1 aromatic heterocycles. The summed E-state index contributed by atoms with van der Waals surface area (Å²) in [5, 5.41) is 3.40. The standard InChI is InChI=1S/C12H20N4/c1-9-6-10(13)7-14-12(9)15-8-11-4-3-5-16(11)2/h6-7,11H,3-5,8,13H2,1-2H3,(H,14,15). The lowest BCUT2D eigenvalue weighted by atomic mass is 10.2. The van der Waals surface area contributed by atoms with Crippen LogP contribution < -0.4 is 11.1 Å². The quantitative estimate of drug-likeness (QED) is 0.810. The van der Waals surface area contributed by atoms with E-state index in [4.69, 9.17) is 5.73 Å². The van der Waals surface area contributed by atoms with E-state index in [1.807, 2.05) is 13.0 Å². The first-order valence-electron chi connectivity index (χ1n) is 5.83. The summed E-state index contributed by atoms with van der Waals surface area (Å²) in [5.74, 6) is 0.953. The second-order valence-electron chi connectivity index (χ2n) is 4.59. The van der Waals surface area contributed by atoms with Gasteiger partial charge in [0, 0.05) is 12.6 Å². The minimum atomic E-state index is 0.638. The van der Waals surface area contributed by atoms with Gasteiger partial charge >= 0.3 is 0 Å². The van der Waals surface area contributed by atoms with Gasteiger partial charge in [-0.1, -0.05) is 0 Å². The van der Waals surface area contributed by atoms with Crippen molar-refractivity contribution < 1.29 is 0 Å². The first-order valence-corrected chi connectivity index (χ1v) is 5.83. The largest absolute Gasteiger partial charge is 0.397 e. The summed E-state index contributed by atoms with van der Waals surface area (Å²) >= 11 is 0. The lowest BCUT2D eigenvalue weighted by Crippen LogP contribution is -2.31. The van der Waals surface area contributed by atoms with Gasteiger partial charge in [0.25, 0.3) is 0 Å². The molecule has 1 fully saturated rings. The Morgan fingerprint density at radius 2 is 2.44 bits per heavy atom. The van der Waals surface area contributed by atoms with E-state index in [-0.39, 0.29) is 0 Å². The van der Waals surface area contributed by atoms with Crippen LogP contribution in [0.4, 0.5) is 11.5 Å². The number of nitrogen functional groups attached to an aromatic ring is 1. The Morgan fingerprint density at radius 3 is 3.06 bits per heavy atom. The van der Waals surface area contributed by atoms with Gasteiger partial charge < -0.3 is 16.0 Å². The molecule has 1 aliphatic heterocycles. The van der Waals surface area contributed by atoms with Crippen molar-refractivity contribution in [1.82, 2.24) is 9.88 Å². The normalized spacial score (nSPS) is 21.2. The number of hydrogen-bond donors (Lipinski definition) is 2. The Labute approximate surface area is 96.8 Å². The van der Waals surface area contributed by atoms with E-state index in [1.165, 1.54) is 19.4 Å². The number of nitrogens with one attached hydrogen (secondary N) is 1. The van der Waals surface area contributed by atoms with Crippen LogP contribution in [0.1, 0.15) is 18.4 Å². The van der Waals surface area contributed by atoms with Crippen molar-refractivity contribution in [2.45, 2.75) is 25.8 Å². The lowest BCUT2D eigenvalue weighted by Gasteiger charge is -2.20. The molecule has 1 atom stereocenters. The van der Waals surface area contributed by atoms with Gasteiger partial charge in [-0.15, -0.1) is 0 Å². The molecule has 88 valence electrons. The van der Waals surface area contributed by atoms with E-state index in [0.29, 0.717) is 6.04 Å². The van der Waals surface area contributed by atoms with Crippen molar-refractivity contribution in [3.63, 3.8) is 0 Å². The molecule has 4 nitrogen and oxygen atoms in total. The number of aryl methyl sites for hydroxylation is 1. The molecule has 0 amide bonds. The molecule has 0 aromatic carbocycles. The first-order chi connectivity index (χ1) is 7.66. The van der Waals surface area contributed by atoms with Crippen molar-refractivity contribution in [3.8, 4) is 0 Å². The topological polar surface area (TPSA) is 54.2 Å². The van der Waals surface area contributed by atoms with Gasteiger partial charge in [0.1, 0.15) is 5.82 Å². The highest BCUT2D eigenvalue weighted by Gasteiger charge is 2.20. The van der Waals surface area contributed by atoms with Gasteiger partial charge in [0.2, 0.25) is 0 Å². The van der Waals surface area contributed by atoms with Crippen LogP contribution in [0.5, 0.6) is 0 Å². The van der Waals surface area contributed by atoms with Crippen molar-refractivity contribution in [3.05, 3.63) is 17.8 Å². The summed E-state index contributed by atoms with van der Waals surface area (Å²) in [4.78, 5) is 6.71. The van der Waals surface area contributed by atoms with E-state index in [9.17, 15) is 0 Å². The van der Waals surface area contributed by atoms with Crippen molar-refractivity contribution in [2.24, 2.45) is 0 Å². The third-order valence-electron chi connectivity index (χ3n) is 3.28. The van der Waals surface area contributed by atoms with Crippen molar-refractivity contribution in [2.75, 3.05) is 31.2 Å². The lowest BCUT2D eigenvalue weighted by molar-refractivity contribution is 0.322. The summed E-state index contributed by atoms with van der Waals surface area (Å²) < 4.78 is 0. The Hall–Kier alpha value is -1.29. The van der Waals surface area contributed by atoms with Gasteiger partial charge in [0.05, 0.1) is 11.9 Å². The average molecular weight is 220 g/mol. The molecule has 0 saturated carbocycles. The molecule has 1 saturated heterocycles. The number of nitrogens with two attached hydrogens (primary N) is 1. The minimum Gasteiger partial charge on any atom is -0.397 e. The van der Waals surface area contributed by atoms with Crippen LogP contribution in [0.2, 0.25) is 0 Å². The van der Waals surface area contributed by atoms with E-state index in [0.717, 1.165) is 23.6 Å². The van der Waals surface area contributed by atoms with E-state index in [1.54, 1.807) is 6.20 Å². The number of aromatic nitrogens is 1. The number of pyridine rings is 1. The smallest absolute Gasteiger partial charge is 0.129 e. The second-order valence-corrected chi connectivity index (χ2v) is 4.59. The number of likely N-dealkylation sites (tertiary alicyclic amines) is 1. The molecule has 1 aromatic rings. The fourth-order valence-corrected chi connectivity index (χ4v) is 2.23. The first kappa shape index (κ1) is 11.2. The highest BCUT2D eigenvalue weighted by atomic mass is 15.2. The fraction of sp³-hybridized carbons (Fsp3) is 0.583. The highest BCUT2D eigenvalue weighted by molar-refractivity contribution is 5.50. The molecule has 16 heavy (non-hydrogen) atoms. The van der Waals surface area contributed by atoms with Gasteiger partial charge in [0.15, 0.2) is 0 Å². The molecule has 1 unspecified atom stereocenters. The van der Waals surface area contributed by atoms with E-state index >= 15 is 0 Å². The summed E-state index contributed by atoms with van der Waals surface area (Å²) in [6.07, 6.45) is 4.28. The molecule has 3 N–H and O–H groups in total. The Morgan fingerprint density at radius 1 is 1.62 bits per heavy atom. The zero-order chi connectivity index (χ0) is 11.5. The third kappa shape index (κ3) is 2.44. The highest BCUT2D eigenvalue weighted by Crippen LogP contribution is 2.17. The number of anilines is 2. The Balaban J connectivity index is 1.94. The predicted molar refractivity (Wildman–Crippen MR) is 67.5 cm³/mol. The van der Waals surface area contributed by atoms with Crippen LogP contribution in [-0.4, -0.2) is 36.1 Å². The summed E-state index contributed by atoms with van der Waals surface area (Å²) in [6, 6.07) is 2.59. The van der Waals surface area contributed by atoms with Crippen LogP contribution >= 0.6 is 0 Å². The van der Waals surface area contributed by atoms with E-state index < -0.39 is 0 Å². The zero-order valence-electron chi connectivity index (χ0n) is 10.0. The summed E-state index contributed by atoms with van der Waals surface area (Å²) in [6.45, 7) is 4.21. The van der Waals surface area contributed by atoms with Gasteiger partial charge in [-0.3, -0.25) is 0 Å². The SMILES string of the molecule is Cc1cc(N)cnc1NCC1CCCN1C. The molecule has 1 aliphatic rings. The monoisotopic (exact) mass is 220 g/mol. The third-order valence-corrected chi connectivity index (χ3v) is 3.28. The van der Waals surface area contributed by atoms with Crippen LogP contribution in [0, 0.1) is 6.92 Å². The molecule has 2 rings (SSSR count). The molecular formula is C12H20N4. The van der Waals surface area contributed by atoms with Gasteiger partial charge in [-0.05, 0) is 45.0 Å². The minimum absolute atomic E-state index is 0.638. The summed E-state index contributed by atoms with van der Waals surface area (Å²) in [7, 11) is 2.18. The molecule has 4 heteroatoms. The number of likely N-dealkylation sites (N-methyl/N-ethyl adjacent to an activating group) is 1. The average Bonchev–Trinajstić information content (AvgIpc) is 2.63. The molecule has 0 aliphatic carbocycles. The molecule has 0 spiro atoms. The molecule has 2 heterocycles. The maximum absolute atomic E-state index is 5.67.